The average Bonchev–Trinajstić information content (AvgIpc) is 2.40. The minimum absolute atomic E-state index is 0.143. The van der Waals surface area contributed by atoms with Crippen LogP contribution in [0, 0.1) is 12.7 Å². The molecule has 1 N–H and O–H groups in total. The predicted molar refractivity (Wildman–Crippen MR) is 75.9 cm³/mol. The Balaban J connectivity index is 2.44. The molecule has 1 aromatic carbocycles. The molecule has 0 bridgehead atoms. The molecule has 0 radical (unpaired) electrons. The number of amides is 1. The van der Waals surface area contributed by atoms with Gasteiger partial charge >= 0.3 is 0 Å². The van der Waals surface area contributed by atoms with Crippen molar-refractivity contribution in [2.75, 3.05) is 26.2 Å². The minimum atomic E-state index is -0.281. The highest BCUT2D eigenvalue weighted by atomic mass is 19.1. The highest BCUT2D eigenvalue weighted by Crippen LogP contribution is 2.08. The van der Waals surface area contributed by atoms with Crippen molar-refractivity contribution < 1.29 is 9.18 Å². The van der Waals surface area contributed by atoms with Gasteiger partial charge in [0.05, 0.1) is 0 Å². The molecule has 0 aliphatic rings. The highest BCUT2D eigenvalue weighted by Gasteiger charge is 2.08. The first-order valence-electron chi connectivity index (χ1n) is 6.85. The van der Waals surface area contributed by atoms with Gasteiger partial charge in [-0.05, 0) is 50.2 Å². The van der Waals surface area contributed by atoms with Crippen LogP contribution in [0.15, 0.2) is 18.2 Å². The molecule has 4 heteroatoms. The Labute approximate surface area is 114 Å². The molecular weight excluding hydrogens is 243 g/mol. The number of carbonyl (C=O) groups excluding carboxylic acids is 1. The predicted octanol–water partition coefficient (Wildman–Crippen LogP) is 2.60. The van der Waals surface area contributed by atoms with E-state index in [1.807, 2.05) is 0 Å². The van der Waals surface area contributed by atoms with Crippen LogP contribution in [0.3, 0.4) is 0 Å². The molecule has 0 saturated heterocycles. The minimum Gasteiger partial charge on any atom is -0.351 e. The third kappa shape index (κ3) is 4.99. The number of benzene rings is 1. The zero-order valence-corrected chi connectivity index (χ0v) is 12.0. The summed E-state index contributed by atoms with van der Waals surface area (Å²) in [5.74, 6) is -0.424. The van der Waals surface area contributed by atoms with Crippen molar-refractivity contribution in [1.82, 2.24) is 10.2 Å². The van der Waals surface area contributed by atoms with Crippen LogP contribution in [0.4, 0.5) is 4.39 Å². The lowest BCUT2D eigenvalue weighted by atomic mass is 10.1. The molecule has 0 fully saturated rings. The van der Waals surface area contributed by atoms with Crippen LogP contribution in [0.1, 0.15) is 36.2 Å². The van der Waals surface area contributed by atoms with Crippen LogP contribution in [0.2, 0.25) is 0 Å². The van der Waals surface area contributed by atoms with Crippen LogP contribution in [-0.4, -0.2) is 37.0 Å². The second-order valence-corrected chi connectivity index (χ2v) is 4.65. The molecular formula is C15H23FN2O. The maximum absolute atomic E-state index is 13.1. The van der Waals surface area contributed by atoms with Gasteiger partial charge in [0, 0.05) is 18.7 Å². The summed E-state index contributed by atoms with van der Waals surface area (Å²) in [6.07, 6.45) is 1.11. The standard InChI is InChI=1S/C15H23FN2O/c1-4-9-18(5-2)10-8-17-15(19)13-6-7-14(16)12(3)11-13/h6-7,11H,4-5,8-10H2,1-3H3,(H,17,19). The average molecular weight is 266 g/mol. The number of halogens is 1. The maximum atomic E-state index is 13.1. The van der Waals surface area contributed by atoms with E-state index in [0.29, 0.717) is 17.7 Å². The topological polar surface area (TPSA) is 32.3 Å². The summed E-state index contributed by atoms with van der Waals surface area (Å²) >= 11 is 0. The summed E-state index contributed by atoms with van der Waals surface area (Å²) in [6, 6.07) is 4.43. The summed E-state index contributed by atoms with van der Waals surface area (Å²) in [5.41, 5.74) is 1.01. The van der Waals surface area contributed by atoms with Gasteiger partial charge in [0.25, 0.3) is 5.91 Å². The fraction of sp³-hybridized carbons (Fsp3) is 0.533. The zero-order chi connectivity index (χ0) is 14.3. The number of likely N-dealkylation sites (N-methyl/N-ethyl adjacent to an activating group) is 1. The molecule has 1 rings (SSSR count). The molecule has 1 aromatic rings. The molecule has 1 amide bonds. The molecule has 0 atom stereocenters. The third-order valence-corrected chi connectivity index (χ3v) is 3.12. The number of aryl methyl sites for hydroxylation is 1. The SMILES string of the molecule is CCCN(CC)CCNC(=O)c1ccc(F)c(C)c1. The van der Waals surface area contributed by atoms with Gasteiger partial charge in [-0.25, -0.2) is 4.39 Å². The fourth-order valence-electron chi connectivity index (χ4n) is 1.96. The first kappa shape index (κ1) is 15.6. The van der Waals surface area contributed by atoms with Crippen molar-refractivity contribution in [3.8, 4) is 0 Å². The van der Waals surface area contributed by atoms with E-state index in [1.54, 1.807) is 13.0 Å². The number of nitrogens with one attached hydrogen (secondary N) is 1. The van der Waals surface area contributed by atoms with Gasteiger partial charge in [0.15, 0.2) is 0 Å². The van der Waals surface area contributed by atoms with Gasteiger partial charge in [-0.15, -0.1) is 0 Å². The van der Waals surface area contributed by atoms with E-state index in [0.717, 1.165) is 26.1 Å². The molecule has 0 aliphatic carbocycles. The first-order chi connectivity index (χ1) is 9.08. The van der Waals surface area contributed by atoms with Crippen LogP contribution >= 0.6 is 0 Å². The Morgan fingerprint density at radius 1 is 1.32 bits per heavy atom. The Kier molecular flexibility index (Phi) is 6.50. The number of carbonyl (C=O) groups is 1. The van der Waals surface area contributed by atoms with E-state index in [1.165, 1.54) is 12.1 Å². The lowest BCUT2D eigenvalue weighted by Crippen LogP contribution is -2.35. The summed E-state index contributed by atoms with van der Waals surface area (Å²) in [5, 5.41) is 2.87. The summed E-state index contributed by atoms with van der Waals surface area (Å²) in [7, 11) is 0. The molecule has 0 spiro atoms. The molecule has 0 aliphatic heterocycles. The van der Waals surface area contributed by atoms with Crippen molar-refractivity contribution in [3.63, 3.8) is 0 Å². The van der Waals surface area contributed by atoms with Gasteiger partial charge in [0.1, 0.15) is 5.82 Å². The van der Waals surface area contributed by atoms with Crippen LogP contribution in [-0.2, 0) is 0 Å². The van der Waals surface area contributed by atoms with Crippen LogP contribution in [0.5, 0.6) is 0 Å². The van der Waals surface area contributed by atoms with Gasteiger partial charge < -0.3 is 10.2 Å². The van der Waals surface area contributed by atoms with Crippen molar-refractivity contribution >= 4 is 5.91 Å². The van der Waals surface area contributed by atoms with Crippen molar-refractivity contribution in [3.05, 3.63) is 35.1 Å². The fourth-order valence-corrected chi connectivity index (χ4v) is 1.96. The lowest BCUT2D eigenvalue weighted by Gasteiger charge is -2.19. The maximum Gasteiger partial charge on any atom is 0.251 e. The van der Waals surface area contributed by atoms with E-state index in [-0.39, 0.29) is 11.7 Å². The van der Waals surface area contributed by atoms with E-state index in [9.17, 15) is 9.18 Å². The van der Waals surface area contributed by atoms with Crippen LogP contribution < -0.4 is 5.32 Å². The Morgan fingerprint density at radius 3 is 2.63 bits per heavy atom. The normalized spacial score (nSPS) is 10.8. The van der Waals surface area contributed by atoms with Crippen molar-refractivity contribution in [1.29, 1.82) is 0 Å². The van der Waals surface area contributed by atoms with E-state index in [2.05, 4.69) is 24.1 Å². The molecule has 0 aromatic heterocycles. The monoisotopic (exact) mass is 266 g/mol. The molecule has 19 heavy (non-hydrogen) atoms. The van der Waals surface area contributed by atoms with Gasteiger partial charge in [0.2, 0.25) is 0 Å². The second kappa shape index (κ2) is 7.89. The Hall–Kier alpha value is -1.42. The van der Waals surface area contributed by atoms with E-state index >= 15 is 0 Å². The second-order valence-electron chi connectivity index (χ2n) is 4.65. The largest absolute Gasteiger partial charge is 0.351 e. The summed E-state index contributed by atoms with van der Waals surface area (Å²) in [4.78, 5) is 14.2. The quantitative estimate of drug-likeness (QED) is 0.822. The summed E-state index contributed by atoms with van der Waals surface area (Å²) < 4.78 is 13.1. The molecule has 3 nitrogen and oxygen atoms in total. The summed E-state index contributed by atoms with van der Waals surface area (Å²) in [6.45, 7) is 9.40. The van der Waals surface area contributed by atoms with Crippen molar-refractivity contribution in [2.24, 2.45) is 0 Å². The number of hydrogen-bond donors (Lipinski definition) is 1. The number of rotatable bonds is 7. The first-order valence-corrected chi connectivity index (χ1v) is 6.85. The molecule has 0 saturated carbocycles. The Bertz CT molecular complexity index is 421. The van der Waals surface area contributed by atoms with Crippen molar-refractivity contribution in [2.45, 2.75) is 27.2 Å². The Morgan fingerprint density at radius 2 is 2.05 bits per heavy atom. The third-order valence-electron chi connectivity index (χ3n) is 3.12. The smallest absolute Gasteiger partial charge is 0.251 e. The molecule has 0 unspecified atom stereocenters. The molecule has 0 heterocycles. The number of hydrogen-bond acceptors (Lipinski definition) is 2. The van der Waals surface area contributed by atoms with Crippen LogP contribution in [0.25, 0.3) is 0 Å². The van der Waals surface area contributed by atoms with E-state index < -0.39 is 0 Å². The molecule has 106 valence electrons. The van der Waals surface area contributed by atoms with Gasteiger partial charge in [-0.2, -0.15) is 0 Å². The van der Waals surface area contributed by atoms with E-state index in [4.69, 9.17) is 0 Å². The lowest BCUT2D eigenvalue weighted by molar-refractivity contribution is 0.0948. The zero-order valence-electron chi connectivity index (χ0n) is 12.0. The number of nitrogens with zero attached hydrogens (tertiary/aromatic N) is 1. The highest BCUT2D eigenvalue weighted by molar-refractivity contribution is 5.94. The van der Waals surface area contributed by atoms with Gasteiger partial charge in [-0.3, -0.25) is 4.79 Å². The van der Waals surface area contributed by atoms with Gasteiger partial charge in [-0.1, -0.05) is 13.8 Å².